The van der Waals surface area contributed by atoms with Gasteiger partial charge in [-0.15, -0.1) is 0 Å². The van der Waals surface area contributed by atoms with E-state index in [9.17, 15) is 0 Å². The molecule has 0 radical (unpaired) electrons. The van der Waals surface area contributed by atoms with Gasteiger partial charge in [-0.2, -0.15) is 0 Å². The van der Waals surface area contributed by atoms with Gasteiger partial charge < -0.3 is 9.13 Å². The van der Waals surface area contributed by atoms with Crippen molar-refractivity contribution in [2.24, 2.45) is 15.0 Å². The predicted molar refractivity (Wildman–Crippen MR) is 265 cm³/mol. The molecule has 0 aliphatic carbocycles. The second kappa shape index (κ2) is 16.2. The number of fused-ring (bicyclic) bond motifs is 6. The van der Waals surface area contributed by atoms with Gasteiger partial charge in [-0.1, -0.05) is 170 Å². The first-order valence-corrected chi connectivity index (χ1v) is 21.2. The molecule has 9 aromatic carbocycles. The molecule has 0 saturated heterocycles. The second-order valence-electron chi connectivity index (χ2n) is 15.7. The van der Waals surface area contributed by atoms with Crippen molar-refractivity contribution in [2.75, 3.05) is 0 Å². The largest absolute Gasteiger partial charge is 0.309 e. The fourth-order valence-corrected chi connectivity index (χ4v) is 9.01. The zero-order valence-electron chi connectivity index (χ0n) is 34.5. The minimum atomic E-state index is 0.503. The van der Waals surface area contributed by atoms with Gasteiger partial charge in [0, 0.05) is 44.0 Å². The van der Waals surface area contributed by atoms with E-state index in [1.165, 1.54) is 32.6 Å². The summed E-state index contributed by atoms with van der Waals surface area (Å²) >= 11 is 0. The van der Waals surface area contributed by atoms with E-state index in [1.807, 2.05) is 54.6 Å². The molecule has 11 aromatic rings. The van der Waals surface area contributed by atoms with Crippen LogP contribution in [-0.4, -0.2) is 27.5 Å². The number of para-hydroxylation sites is 3. The van der Waals surface area contributed by atoms with Crippen molar-refractivity contribution >= 4 is 62.0 Å². The third-order valence-electron chi connectivity index (χ3n) is 11.9. The van der Waals surface area contributed by atoms with Gasteiger partial charge >= 0.3 is 0 Å². The summed E-state index contributed by atoms with van der Waals surface area (Å²) in [4.78, 5) is 14.5. The van der Waals surface area contributed by atoms with Crippen LogP contribution in [0.15, 0.2) is 239 Å². The molecule has 0 aliphatic heterocycles. The van der Waals surface area contributed by atoms with E-state index in [1.54, 1.807) is 0 Å². The van der Waals surface area contributed by atoms with Crippen LogP contribution in [0.5, 0.6) is 0 Å². The molecule has 0 N–H and O–H groups in total. The summed E-state index contributed by atoms with van der Waals surface area (Å²) in [5.74, 6) is 1.12. The van der Waals surface area contributed by atoms with Crippen LogP contribution in [0.3, 0.4) is 0 Å². The third-order valence-corrected chi connectivity index (χ3v) is 11.9. The quantitative estimate of drug-likeness (QED) is 0.108. The number of hydrogen-bond acceptors (Lipinski definition) is 1. The molecular formula is C58H41N5. The van der Waals surface area contributed by atoms with Crippen molar-refractivity contribution in [2.45, 2.75) is 6.54 Å². The summed E-state index contributed by atoms with van der Waals surface area (Å²) < 4.78 is 4.78. The Morgan fingerprint density at radius 1 is 0.397 bits per heavy atom. The zero-order valence-corrected chi connectivity index (χ0v) is 34.5. The number of amidine groups is 2. The van der Waals surface area contributed by atoms with Gasteiger partial charge in [0.05, 0.1) is 28.6 Å². The molecule has 5 nitrogen and oxygen atoms in total. The monoisotopic (exact) mass is 807 g/mol. The van der Waals surface area contributed by atoms with Gasteiger partial charge in [-0.25, -0.2) is 9.98 Å². The Balaban J connectivity index is 1.01. The molecule has 2 aromatic heterocycles. The van der Waals surface area contributed by atoms with Crippen LogP contribution in [0.4, 0.5) is 0 Å². The maximum atomic E-state index is 5.05. The first-order chi connectivity index (χ1) is 31.2. The van der Waals surface area contributed by atoms with E-state index in [0.717, 1.165) is 61.4 Å². The molecule has 0 bridgehead atoms. The summed E-state index contributed by atoms with van der Waals surface area (Å²) in [5.41, 5.74) is 14.3. The predicted octanol–water partition coefficient (Wildman–Crippen LogP) is 14.3. The number of aliphatic imine (C=N–C) groups is 3. The fraction of sp³-hybridized carbons (Fsp3) is 0.0172. The molecule has 0 aliphatic rings. The van der Waals surface area contributed by atoms with E-state index in [2.05, 4.69) is 191 Å². The maximum absolute atomic E-state index is 5.05. The second-order valence-corrected chi connectivity index (χ2v) is 15.7. The molecule has 0 atom stereocenters. The topological polar surface area (TPSA) is 46.9 Å². The number of rotatable bonds is 8. The van der Waals surface area contributed by atoms with E-state index in [0.29, 0.717) is 18.2 Å². The average Bonchev–Trinajstić information content (AvgIpc) is 3.88. The highest BCUT2D eigenvalue weighted by Crippen LogP contribution is 2.40. The van der Waals surface area contributed by atoms with Crippen LogP contribution in [0.25, 0.3) is 77.2 Å². The lowest BCUT2D eigenvalue weighted by atomic mass is 9.97. The van der Waals surface area contributed by atoms with Crippen molar-refractivity contribution in [3.8, 4) is 33.6 Å². The van der Waals surface area contributed by atoms with Crippen LogP contribution in [0, 0.1) is 0 Å². The van der Waals surface area contributed by atoms with Crippen molar-refractivity contribution in [1.82, 2.24) is 9.13 Å². The molecule has 298 valence electrons. The molecule has 0 unspecified atom stereocenters. The molecule has 5 heteroatoms. The Hall–Kier alpha value is -8.41. The van der Waals surface area contributed by atoms with E-state index < -0.39 is 0 Å². The van der Waals surface area contributed by atoms with Gasteiger partial charge in [-0.05, 0) is 89.1 Å². The van der Waals surface area contributed by atoms with Crippen molar-refractivity contribution in [1.29, 1.82) is 0 Å². The van der Waals surface area contributed by atoms with Crippen LogP contribution < -0.4 is 0 Å². The minimum absolute atomic E-state index is 0.503. The Labute approximate surface area is 365 Å². The highest BCUT2D eigenvalue weighted by atomic mass is 15.0. The van der Waals surface area contributed by atoms with Crippen LogP contribution in [-0.2, 0) is 6.54 Å². The molecule has 0 spiro atoms. The highest BCUT2D eigenvalue weighted by molar-refractivity contribution is 6.17. The van der Waals surface area contributed by atoms with Crippen LogP contribution in [0.1, 0.15) is 16.7 Å². The minimum Gasteiger partial charge on any atom is -0.309 e. The molecule has 0 fully saturated rings. The number of aromatic nitrogens is 2. The molecule has 0 amide bonds. The SMILES string of the molecule is C=N/C(=N\C(=N/Cc1ccccc1)c1ccccc1)c1cccc(-c2cccc3c2c2ccccc2n3-c2cccc(-c3ccc4c5ccccc5n(-c5ccccc5)c4c3)c2)c1. The van der Waals surface area contributed by atoms with Gasteiger partial charge in [0.2, 0.25) is 0 Å². The van der Waals surface area contributed by atoms with Gasteiger partial charge in [0.25, 0.3) is 0 Å². The number of benzene rings is 9. The lowest BCUT2D eigenvalue weighted by molar-refractivity contribution is 1.06. The van der Waals surface area contributed by atoms with Gasteiger partial charge in [0.1, 0.15) is 0 Å². The van der Waals surface area contributed by atoms with E-state index >= 15 is 0 Å². The lowest BCUT2D eigenvalue weighted by Gasteiger charge is -2.12. The van der Waals surface area contributed by atoms with Crippen molar-refractivity contribution < 1.29 is 0 Å². The molecular weight excluding hydrogens is 767 g/mol. The van der Waals surface area contributed by atoms with E-state index in [-0.39, 0.29) is 0 Å². The summed E-state index contributed by atoms with van der Waals surface area (Å²) in [7, 11) is 0. The maximum Gasteiger partial charge on any atom is 0.161 e. The summed E-state index contributed by atoms with van der Waals surface area (Å²) in [5, 5.41) is 4.85. The third kappa shape index (κ3) is 6.92. The van der Waals surface area contributed by atoms with Crippen molar-refractivity contribution in [3.05, 3.63) is 241 Å². The molecule has 63 heavy (non-hydrogen) atoms. The Morgan fingerprint density at radius 3 is 1.76 bits per heavy atom. The Morgan fingerprint density at radius 2 is 0.968 bits per heavy atom. The summed E-state index contributed by atoms with van der Waals surface area (Å²) in [6.07, 6.45) is 0. The van der Waals surface area contributed by atoms with Gasteiger partial charge in [0.15, 0.2) is 11.7 Å². The average molecular weight is 808 g/mol. The summed E-state index contributed by atoms with van der Waals surface area (Å²) in [6, 6.07) is 79.2. The normalized spacial score (nSPS) is 12.1. The zero-order chi connectivity index (χ0) is 42.1. The molecule has 11 rings (SSSR count). The van der Waals surface area contributed by atoms with Gasteiger partial charge in [-0.3, -0.25) is 4.99 Å². The highest BCUT2D eigenvalue weighted by Gasteiger charge is 2.18. The smallest absolute Gasteiger partial charge is 0.161 e. The van der Waals surface area contributed by atoms with Crippen molar-refractivity contribution in [3.63, 3.8) is 0 Å². The Bertz CT molecular complexity index is 3540. The first kappa shape index (κ1) is 37.6. The molecule has 2 heterocycles. The fourth-order valence-electron chi connectivity index (χ4n) is 9.01. The Kier molecular flexibility index (Phi) is 9.68. The van der Waals surface area contributed by atoms with Crippen LogP contribution >= 0.6 is 0 Å². The molecule has 0 saturated carbocycles. The lowest BCUT2D eigenvalue weighted by Crippen LogP contribution is -2.05. The number of hydrogen-bond donors (Lipinski definition) is 0. The first-order valence-electron chi connectivity index (χ1n) is 21.2. The van der Waals surface area contributed by atoms with E-state index in [4.69, 9.17) is 9.98 Å². The van der Waals surface area contributed by atoms with Crippen LogP contribution in [0.2, 0.25) is 0 Å². The standard InChI is InChI=1S/C58H41N5/c1-59-57(61-58(41-20-7-3-8-21-41)60-39-40-18-5-2-6-19-40)45-24-15-23-44(36-45)48-30-17-33-54-56(48)51-29-12-14-32-53(51)63(54)47-27-16-22-42(37-47)43-34-35-50-49-28-11-13-31-52(49)62(55(50)38-43)46-25-9-4-10-26-46/h2-38H,1,39H2/b60-58-,61-57-. The summed E-state index contributed by atoms with van der Waals surface area (Å²) in [6.45, 7) is 4.47. The number of nitrogens with zero attached hydrogens (tertiary/aromatic N) is 5.